The van der Waals surface area contributed by atoms with Gasteiger partial charge in [-0.05, 0) is 24.6 Å². The standard InChI is InChI=1S/C10H10N2O2/c1-7-3-4-9(8(2)5-7)12-6-10(13)14-11-12/h3-6H,1-2H3. The first kappa shape index (κ1) is 8.74. The summed E-state index contributed by atoms with van der Waals surface area (Å²) < 4.78 is 5.90. The van der Waals surface area contributed by atoms with E-state index in [4.69, 9.17) is 0 Å². The van der Waals surface area contributed by atoms with Crippen LogP contribution < -0.4 is 9.79 Å². The predicted molar refractivity (Wildman–Crippen MR) is 47.0 cm³/mol. The fourth-order valence-corrected chi connectivity index (χ4v) is 1.41. The van der Waals surface area contributed by atoms with Crippen molar-refractivity contribution in [2.45, 2.75) is 13.8 Å². The zero-order chi connectivity index (χ0) is 10.1. The highest BCUT2D eigenvalue weighted by Gasteiger charge is 2.11. The van der Waals surface area contributed by atoms with Crippen molar-refractivity contribution in [3.63, 3.8) is 0 Å². The van der Waals surface area contributed by atoms with Gasteiger partial charge in [-0.25, -0.2) is 0 Å². The summed E-state index contributed by atoms with van der Waals surface area (Å²) in [5.74, 6) is -0.440. The molecule has 1 aromatic heterocycles. The van der Waals surface area contributed by atoms with Crippen LogP contribution in [-0.4, -0.2) is 5.27 Å². The average Bonchev–Trinajstić information content (AvgIpc) is 2.51. The Labute approximate surface area is 81.4 Å². The average molecular weight is 190 g/mol. The maximum absolute atomic E-state index is 10.8. The van der Waals surface area contributed by atoms with Crippen molar-refractivity contribution in [3.05, 3.63) is 35.5 Å². The summed E-state index contributed by atoms with van der Waals surface area (Å²) in [5.41, 5.74) is 3.10. The zero-order valence-electron chi connectivity index (χ0n) is 8.02. The van der Waals surface area contributed by atoms with Gasteiger partial charge in [0.15, 0.2) is 0 Å². The lowest BCUT2D eigenvalue weighted by atomic mass is 10.1. The van der Waals surface area contributed by atoms with Crippen molar-refractivity contribution in [2.24, 2.45) is 0 Å². The van der Waals surface area contributed by atoms with Gasteiger partial charge in [0.2, 0.25) is 11.9 Å². The summed E-state index contributed by atoms with van der Waals surface area (Å²) in [6, 6.07) is 5.91. The third-order valence-corrected chi connectivity index (χ3v) is 2.05. The number of aromatic nitrogens is 2. The smallest absolute Gasteiger partial charge is 0.242 e. The number of nitrogens with zero attached hydrogens (tertiary/aromatic N) is 2. The number of aryl methyl sites for hydroxylation is 2. The van der Waals surface area contributed by atoms with Crippen LogP contribution >= 0.6 is 0 Å². The van der Waals surface area contributed by atoms with Gasteiger partial charge >= 0.3 is 0 Å². The van der Waals surface area contributed by atoms with Gasteiger partial charge in [0.25, 0.3) is 0 Å². The van der Waals surface area contributed by atoms with Crippen LogP contribution in [0.1, 0.15) is 11.1 Å². The Bertz CT molecular complexity index is 463. The van der Waals surface area contributed by atoms with E-state index < -0.39 is 5.95 Å². The summed E-state index contributed by atoms with van der Waals surface area (Å²) in [7, 11) is 0. The molecule has 0 radical (unpaired) electrons. The Morgan fingerprint density at radius 3 is 2.71 bits per heavy atom. The molecule has 0 bridgehead atoms. The lowest BCUT2D eigenvalue weighted by Crippen LogP contribution is -2.32. The van der Waals surface area contributed by atoms with Crippen molar-refractivity contribution in [2.75, 3.05) is 0 Å². The first-order chi connectivity index (χ1) is 6.66. The highest BCUT2D eigenvalue weighted by atomic mass is 16.6. The molecule has 0 aliphatic heterocycles. The van der Waals surface area contributed by atoms with Crippen LogP contribution in [-0.2, 0) is 0 Å². The SMILES string of the molecule is Cc1ccc(-[n+]2cc([O-])on2)c(C)c1. The van der Waals surface area contributed by atoms with Gasteiger partial charge < -0.3 is 9.63 Å². The highest BCUT2D eigenvalue weighted by molar-refractivity contribution is 5.35. The Balaban J connectivity index is 2.52. The Hall–Kier alpha value is -1.84. The number of rotatable bonds is 1. The molecule has 0 atom stereocenters. The monoisotopic (exact) mass is 190 g/mol. The molecule has 0 unspecified atom stereocenters. The topological polar surface area (TPSA) is 53.0 Å². The minimum absolute atomic E-state index is 0.440. The van der Waals surface area contributed by atoms with E-state index in [2.05, 4.69) is 9.79 Å². The third kappa shape index (κ3) is 1.46. The third-order valence-electron chi connectivity index (χ3n) is 2.05. The normalized spacial score (nSPS) is 10.4. The number of hydrogen-bond acceptors (Lipinski definition) is 3. The van der Waals surface area contributed by atoms with Crippen molar-refractivity contribution in [3.8, 4) is 11.6 Å². The van der Waals surface area contributed by atoms with Gasteiger partial charge in [-0.15, -0.1) is 0 Å². The van der Waals surface area contributed by atoms with Crippen molar-refractivity contribution >= 4 is 0 Å². The molecular weight excluding hydrogens is 180 g/mol. The second-order valence-electron chi connectivity index (χ2n) is 3.26. The molecule has 0 saturated heterocycles. The van der Waals surface area contributed by atoms with E-state index in [1.807, 2.05) is 32.0 Å². The molecule has 0 amide bonds. The fourth-order valence-electron chi connectivity index (χ4n) is 1.41. The largest absolute Gasteiger partial charge is 0.539 e. The summed E-state index contributed by atoms with van der Waals surface area (Å²) >= 11 is 0. The van der Waals surface area contributed by atoms with Crippen LogP contribution in [0.25, 0.3) is 5.69 Å². The molecule has 0 saturated carbocycles. The summed E-state index contributed by atoms with van der Waals surface area (Å²) in [6.07, 6.45) is 1.32. The first-order valence-electron chi connectivity index (χ1n) is 4.30. The lowest BCUT2D eigenvalue weighted by molar-refractivity contribution is -0.670. The van der Waals surface area contributed by atoms with Crippen LogP contribution in [0, 0.1) is 13.8 Å². The Kier molecular flexibility index (Phi) is 1.96. The zero-order valence-corrected chi connectivity index (χ0v) is 8.02. The second-order valence-corrected chi connectivity index (χ2v) is 3.26. The van der Waals surface area contributed by atoms with E-state index in [0.29, 0.717) is 0 Å². The molecule has 0 N–H and O–H groups in total. The predicted octanol–water partition coefficient (Wildman–Crippen LogP) is 0.642. The van der Waals surface area contributed by atoms with Crippen LogP contribution in [0.3, 0.4) is 0 Å². The second kappa shape index (κ2) is 3.14. The van der Waals surface area contributed by atoms with Crippen LogP contribution in [0.2, 0.25) is 0 Å². The molecule has 2 aromatic rings. The fraction of sp³-hybridized carbons (Fsp3) is 0.200. The van der Waals surface area contributed by atoms with Gasteiger partial charge in [0, 0.05) is 11.6 Å². The molecule has 4 heteroatoms. The summed E-state index contributed by atoms with van der Waals surface area (Å²) in [6.45, 7) is 3.98. The van der Waals surface area contributed by atoms with Gasteiger partial charge in [0.1, 0.15) is 5.95 Å². The Morgan fingerprint density at radius 1 is 1.36 bits per heavy atom. The Morgan fingerprint density at radius 2 is 2.14 bits per heavy atom. The quantitative estimate of drug-likeness (QED) is 0.620. The van der Waals surface area contributed by atoms with Gasteiger partial charge in [-0.1, -0.05) is 11.6 Å². The van der Waals surface area contributed by atoms with Crippen LogP contribution in [0.15, 0.2) is 28.9 Å². The first-order valence-corrected chi connectivity index (χ1v) is 4.30. The van der Waals surface area contributed by atoms with Gasteiger partial charge in [-0.3, -0.25) is 0 Å². The van der Waals surface area contributed by atoms with E-state index in [0.717, 1.165) is 11.3 Å². The van der Waals surface area contributed by atoms with E-state index in [-0.39, 0.29) is 0 Å². The molecule has 0 aliphatic rings. The number of hydrogen-bond donors (Lipinski definition) is 0. The van der Waals surface area contributed by atoms with E-state index in [1.165, 1.54) is 16.4 Å². The summed E-state index contributed by atoms with van der Waals surface area (Å²) in [5, 5.41) is 14.4. The van der Waals surface area contributed by atoms with Crippen LogP contribution in [0.5, 0.6) is 5.95 Å². The van der Waals surface area contributed by atoms with Crippen molar-refractivity contribution < 1.29 is 14.3 Å². The molecule has 72 valence electrons. The minimum Gasteiger partial charge on any atom is -0.539 e. The molecule has 0 fully saturated rings. The molecule has 4 nitrogen and oxygen atoms in total. The highest BCUT2D eigenvalue weighted by Crippen LogP contribution is 2.10. The molecule has 0 spiro atoms. The van der Waals surface area contributed by atoms with Crippen LogP contribution in [0.4, 0.5) is 0 Å². The molecule has 2 rings (SSSR count). The summed E-state index contributed by atoms with van der Waals surface area (Å²) in [4.78, 5) is 0. The van der Waals surface area contributed by atoms with E-state index in [9.17, 15) is 5.11 Å². The molecule has 1 heterocycles. The maximum atomic E-state index is 10.8. The minimum atomic E-state index is -0.440. The molecular formula is C10H10N2O2. The molecule has 0 aliphatic carbocycles. The molecule has 1 aromatic carbocycles. The molecule has 14 heavy (non-hydrogen) atoms. The van der Waals surface area contributed by atoms with Gasteiger partial charge in [0.05, 0.1) is 5.27 Å². The van der Waals surface area contributed by atoms with Gasteiger partial charge in [-0.2, -0.15) is 0 Å². The van der Waals surface area contributed by atoms with Crippen molar-refractivity contribution in [1.29, 1.82) is 0 Å². The lowest BCUT2D eigenvalue weighted by Gasteiger charge is -1.96. The van der Waals surface area contributed by atoms with E-state index >= 15 is 0 Å². The maximum Gasteiger partial charge on any atom is 0.242 e. The van der Waals surface area contributed by atoms with Crippen molar-refractivity contribution in [1.82, 2.24) is 5.27 Å². The van der Waals surface area contributed by atoms with E-state index in [1.54, 1.807) is 0 Å². The number of benzene rings is 1.